The van der Waals surface area contributed by atoms with Gasteiger partial charge in [0.1, 0.15) is 17.7 Å². The van der Waals surface area contributed by atoms with Gasteiger partial charge >= 0.3 is 6.09 Å². The fourth-order valence-electron chi connectivity index (χ4n) is 5.24. The summed E-state index contributed by atoms with van der Waals surface area (Å²) in [6.45, 7) is 0.392. The molecule has 2 amide bonds. The Kier molecular flexibility index (Phi) is 8.34. The normalized spacial score (nSPS) is 15.4. The van der Waals surface area contributed by atoms with Crippen LogP contribution in [0.25, 0.3) is 10.8 Å². The van der Waals surface area contributed by atoms with Gasteiger partial charge in [0.25, 0.3) is 0 Å². The number of thiol groups is 1. The number of benzene rings is 3. The molecular weight excluding hydrogens is 564 g/mol. The topological polar surface area (TPSA) is 119 Å². The lowest BCUT2D eigenvalue weighted by atomic mass is 10.00. The average molecular weight is 594 g/mol. The third-order valence-corrected chi connectivity index (χ3v) is 7.70. The average Bonchev–Trinajstić information content (AvgIpc) is 3.47. The van der Waals surface area contributed by atoms with Crippen LogP contribution >= 0.6 is 12.6 Å². The van der Waals surface area contributed by atoms with Gasteiger partial charge in [0.15, 0.2) is 11.6 Å². The summed E-state index contributed by atoms with van der Waals surface area (Å²) in [5, 5.41) is 7.28. The second-order valence-corrected chi connectivity index (χ2v) is 10.3. The Hall–Kier alpha value is -4.58. The van der Waals surface area contributed by atoms with Gasteiger partial charge in [-0.2, -0.15) is 0 Å². The number of pyridine rings is 1. The van der Waals surface area contributed by atoms with E-state index in [1.807, 2.05) is 0 Å². The Labute approximate surface area is 246 Å². The first kappa shape index (κ1) is 28.9. The fraction of sp³-hybridized carbons (Fsp3) is 0.233. The summed E-state index contributed by atoms with van der Waals surface area (Å²) in [5.41, 5.74) is 7.62. The molecule has 42 heavy (non-hydrogen) atoms. The minimum atomic E-state index is -1.24. The van der Waals surface area contributed by atoms with Crippen molar-refractivity contribution in [1.29, 1.82) is 0 Å². The zero-order valence-corrected chi connectivity index (χ0v) is 23.8. The lowest BCUT2D eigenvalue weighted by Crippen LogP contribution is -2.38. The number of anilines is 3. The molecule has 0 bridgehead atoms. The van der Waals surface area contributed by atoms with Gasteiger partial charge < -0.3 is 25.4 Å². The van der Waals surface area contributed by atoms with Crippen molar-refractivity contribution in [2.75, 3.05) is 37.1 Å². The number of nitrogens with zero attached hydrogens (tertiary/aromatic N) is 2. The van der Waals surface area contributed by atoms with Crippen LogP contribution in [0, 0.1) is 11.6 Å². The van der Waals surface area contributed by atoms with E-state index in [9.17, 15) is 14.0 Å². The number of carbonyl (C=O) groups is 2. The SMILES string of the molecule is COC(=O)Nc1ccc(S)c([C@H]2CCCN2C(=O)[C@H](Nc2ccc3c(N)nccc3c2)c2cc(OC)c(F)cc2F)c1. The van der Waals surface area contributed by atoms with E-state index in [1.165, 1.54) is 20.3 Å². The number of hydrogen-bond acceptors (Lipinski definition) is 8. The van der Waals surface area contributed by atoms with Crippen LogP contribution in [0.2, 0.25) is 0 Å². The number of halogens is 2. The van der Waals surface area contributed by atoms with Crippen LogP contribution in [-0.2, 0) is 9.53 Å². The second-order valence-electron chi connectivity index (χ2n) is 9.80. The standard InChI is InChI=1S/C30H29F2N5O4S/c1-40-25-14-20(22(31)15-23(25)32)27(35-17-5-7-19-16(12-17)9-10-34-28(19)33)29(38)37-11-3-4-24(37)21-13-18(6-8-26(21)42)36-30(39)41-2/h5-10,12-15,24,27,35,42H,3-4,11H2,1-2H3,(H2,33,34)(H,36,39)/t24-,27-/m1/s1. The third kappa shape index (κ3) is 5.75. The molecular formula is C30H29F2N5O4S. The summed E-state index contributed by atoms with van der Waals surface area (Å²) in [4.78, 5) is 32.5. The summed E-state index contributed by atoms with van der Waals surface area (Å²) in [5.74, 6) is -2.05. The minimum absolute atomic E-state index is 0.0783. The van der Waals surface area contributed by atoms with E-state index >= 15 is 4.39 Å². The molecule has 3 aromatic carbocycles. The van der Waals surface area contributed by atoms with Crippen molar-refractivity contribution >= 4 is 52.6 Å². The number of methoxy groups -OCH3 is 2. The molecule has 1 fully saturated rings. The molecule has 218 valence electrons. The molecule has 0 spiro atoms. The van der Waals surface area contributed by atoms with Crippen molar-refractivity contribution in [3.05, 3.63) is 83.6 Å². The maximum Gasteiger partial charge on any atom is 0.411 e. The largest absolute Gasteiger partial charge is 0.494 e. The Morgan fingerprint density at radius 3 is 2.62 bits per heavy atom. The summed E-state index contributed by atoms with van der Waals surface area (Å²) >= 11 is 4.61. The van der Waals surface area contributed by atoms with Crippen molar-refractivity contribution in [1.82, 2.24) is 9.88 Å². The molecule has 1 saturated heterocycles. The summed E-state index contributed by atoms with van der Waals surface area (Å²) < 4.78 is 39.5. The molecule has 2 atom stereocenters. The maximum absolute atomic E-state index is 15.4. The van der Waals surface area contributed by atoms with Gasteiger partial charge in [-0.3, -0.25) is 10.1 Å². The summed E-state index contributed by atoms with van der Waals surface area (Å²) in [6.07, 6.45) is 2.24. The molecule has 4 aromatic rings. The zero-order chi connectivity index (χ0) is 30.0. The number of carbonyl (C=O) groups excluding carboxylic acids is 2. The van der Waals surface area contributed by atoms with Crippen LogP contribution in [0.4, 0.5) is 30.8 Å². The monoisotopic (exact) mass is 593 g/mol. The molecule has 5 rings (SSSR count). The van der Waals surface area contributed by atoms with Gasteiger partial charge in [-0.05, 0) is 72.3 Å². The van der Waals surface area contributed by atoms with Crippen LogP contribution in [-0.4, -0.2) is 42.6 Å². The van der Waals surface area contributed by atoms with Gasteiger partial charge in [0, 0.05) is 46.0 Å². The third-order valence-electron chi connectivity index (χ3n) is 7.29. The lowest BCUT2D eigenvalue weighted by Gasteiger charge is -2.31. The van der Waals surface area contributed by atoms with Gasteiger partial charge in [-0.25, -0.2) is 18.6 Å². The lowest BCUT2D eigenvalue weighted by molar-refractivity contribution is -0.133. The number of fused-ring (bicyclic) bond motifs is 1. The first-order valence-corrected chi connectivity index (χ1v) is 13.6. The highest BCUT2D eigenvalue weighted by Gasteiger charge is 2.37. The predicted molar refractivity (Wildman–Crippen MR) is 159 cm³/mol. The molecule has 2 heterocycles. The Morgan fingerprint density at radius 1 is 1.07 bits per heavy atom. The maximum atomic E-state index is 15.4. The molecule has 1 aliphatic heterocycles. The first-order valence-electron chi connectivity index (χ1n) is 13.1. The highest BCUT2D eigenvalue weighted by atomic mass is 32.1. The number of nitrogens with two attached hydrogens (primary N) is 1. The Morgan fingerprint density at radius 2 is 1.86 bits per heavy atom. The molecule has 12 heteroatoms. The quantitative estimate of drug-likeness (QED) is 0.192. The van der Waals surface area contributed by atoms with Crippen molar-refractivity contribution in [2.45, 2.75) is 29.8 Å². The molecule has 0 aliphatic carbocycles. The van der Waals surface area contributed by atoms with E-state index < -0.39 is 35.7 Å². The number of likely N-dealkylation sites (tertiary alicyclic amines) is 1. The zero-order valence-electron chi connectivity index (χ0n) is 22.9. The van der Waals surface area contributed by atoms with Crippen molar-refractivity contribution in [3.63, 3.8) is 0 Å². The van der Waals surface area contributed by atoms with Crippen LogP contribution < -0.4 is 21.1 Å². The van der Waals surface area contributed by atoms with Crippen molar-refractivity contribution < 1.29 is 27.8 Å². The van der Waals surface area contributed by atoms with Gasteiger partial charge in [-0.15, -0.1) is 12.6 Å². The van der Waals surface area contributed by atoms with E-state index in [2.05, 4.69) is 28.2 Å². The second kappa shape index (κ2) is 12.1. The van der Waals surface area contributed by atoms with Gasteiger partial charge in [-0.1, -0.05) is 0 Å². The van der Waals surface area contributed by atoms with Gasteiger partial charge in [0.2, 0.25) is 5.91 Å². The van der Waals surface area contributed by atoms with Crippen LogP contribution in [0.1, 0.15) is 36.1 Å². The minimum Gasteiger partial charge on any atom is -0.494 e. The number of nitrogens with one attached hydrogen (secondary N) is 2. The first-order chi connectivity index (χ1) is 20.2. The number of rotatable bonds is 7. The number of ether oxygens (including phenoxy) is 2. The molecule has 4 N–H and O–H groups in total. The van der Waals surface area contributed by atoms with E-state index in [0.29, 0.717) is 53.1 Å². The van der Waals surface area contributed by atoms with E-state index in [1.54, 1.807) is 53.6 Å². The molecule has 0 radical (unpaired) electrons. The Bertz CT molecular complexity index is 1670. The molecule has 9 nitrogen and oxygen atoms in total. The summed E-state index contributed by atoms with van der Waals surface area (Å²) in [6, 6.07) is 12.4. The smallest absolute Gasteiger partial charge is 0.411 e. The Balaban J connectivity index is 1.55. The van der Waals surface area contributed by atoms with E-state index in [4.69, 9.17) is 15.2 Å². The van der Waals surface area contributed by atoms with E-state index in [-0.39, 0.29) is 11.3 Å². The predicted octanol–water partition coefficient (Wildman–Crippen LogP) is 6.09. The fourth-order valence-corrected chi connectivity index (χ4v) is 5.53. The van der Waals surface area contributed by atoms with Crippen LogP contribution in [0.5, 0.6) is 5.75 Å². The number of aromatic nitrogens is 1. The van der Waals surface area contributed by atoms with Crippen LogP contribution in [0.3, 0.4) is 0 Å². The number of hydrogen-bond donors (Lipinski definition) is 4. The number of amides is 2. The van der Waals surface area contributed by atoms with Gasteiger partial charge in [0.05, 0.1) is 20.3 Å². The molecule has 0 saturated carbocycles. The highest BCUT2D eigenvalue weighted by molar-refractivity contribution is 7.80. The molecule has 1 aliphatic rings. The van der Waals surface area contributed by atoms with Crippen LogP contribution in [0.15, 0.2) is 65.7 Å². The van der Waals surface area contributed by atoms with E-state index in [0.717, 1.165) is 10.8 Å². The molecule has 0 unspecified atom stereocenters. The molecule has 1 aromatic heterocycles. The summed E-state index contributed by atoms with van der Waals surface area (Å²) in [7, 11) is 2.53. The van der Waals surface area contributed by atoms with Crippen molar-refractivity contribution in [3.8, 4) is 5.75 Å². The highest BCUT2D eigenvalue weighted by Crippen LogP contribution is 2.40. The number of nitrogen functional groups attached to an aromatic ring is 1. The van der Waals surface area contributed by atoms with Crippen molar-refractivity contribution in [2.24, 2.45) is 0 Å².